The van der Waals surface area contributed by atoms with Crippen LogP contribution >= 0.6 is 0 Å². The Morgan fingerprint density at radius 2 is 1.82 bits per heavy atom. The highest BCUT2D eigenvalue weighted by Crippen LogP contribution is 2.17. The first-order valence-electron chi connectivity index (χ1n) is 9.81. The maximum atomic E-state index is 12.7. The van der Waals surface area contributed by atoms with Crippen LogP contribution in [0.5, 0.6) is 0 Å². The summed E-state index contributed by atoms with van der Waals surface area (Å²) in [6.45, 7) is 7.73. The smallest absolute Gasteiger partial charge is 0.309 e. The Balaban J connectivity index is 2.62. The van der Waals surface area contributed by atoms with Gasteiger partial charge in [-0.1, -0.05) is 42.5 Å². The highest BCUT2D eigenvalue weighted by atomic mass is 16.5. The fraction of sp³-hybridized carbons (Fsp3) is 0.478. The third kappa shape index (κ3) is 10.1. The minimum Gasteiger partial charge on any atom is -0.463 e. The van der Waals surface area contributed by atoms with E-state index in [4.69, 9.17) is 9.47 Å². The molecule has 1 aromatic carbocycles. The molecule has 1 amide bonds. The van der Waals surface area contributed by atoms with Gasteiger partial charge in [0.05, 0.1) is 18.6 Å². The van der Waals surface area contributed by atoms with Crippen LogP contribution in [0, 0.1) is 5.92 Å². The summed E-state index contributed by atoms with van der Waals surface area (Å²) in [6, 6.07) is 9.56. The van der Waals surface area contributed by atoms with Gasteiger partial charge >= 0.3 is 5.97 Å². The van der Waals surface area contributed by atoms with Gasteiger partial charge < -0.3 is 14.8 Å². The van der Waals surface area contributed by atoms with E-state index in [9.17, 15) is 9.59 Å². The van der Waals surface area contributed by atoms with Crippen LogP contribution in [0.25, 0.3) is 0 Å². The van der Waals surface area contributed by atoms with E-state index in [2.05, 4.69) is 18.5 Å². The molecule has 0 fully saturated rings. The van der Waals surface area contributed by atoms with Crippen molar-refractivity contribution >= 4 is 11.9 Å². The van der Waals surface area contributed by atoms with Crippen molar-refractivity contribution in [3.63, 3.8) is 0 Å². The lowest BCUT2D eigenvalue weighted by molar-refractivity contribution is -0.150. The van der Waals surface area contributed by atoms with E-state index in [1.807, 2.05) is 36.4 Å². The van der Waals surface area contributed by atoms with E-state index >= 15 is 0 Å². The molecule has 0 heterocycles. The molecule has 0 spiro atoms. The number of esters is 1. The molecule has 0 aliphatic carbocycles. The Labute approximate surface area is 168 Å². The van der Waals surface area contributed by atoms with Gasteiger partial charge in [0, 0.05) is 13.5 Å². The number of rotatable bonds is 15. The molecule has 0 aliphatic heterocycles. The molecule has 2 atom stereocenters. The van der Waals surface area contributed by atoms with Crippen molar-refractivity contribution in [3.8, 4) is 0 Å². The van der Waals surface area contributed by atoms with Crippen LogP contribution in [0.3, 0.4) is 0 Å². The fourth-order valence-corrected chi connectivity index (χ4v) is 2.88. The number of carbonyl (C=O) groups is 2. The van der Waals surface area contributed by atoms with E-state index in [0.29, 0.717) is 19.3 Å². The zero-order valence-electron chi connectivity index (χ0n) is 16.9. The van der Waals surface area contributed by atoms with Gasteiger partial charge in [-0.2, -0.15) is 0 Å². The Hall–Kier alpha value is -2.40. The molecule has 0 bridgehead atoms. The second-order valence-electron chi connectivity index (χ2n) is 6.78. The monoisotopic (exact) mass is 387 g/mol. The van der Waals surface area contributed by atoms with Crippen molar-refractivity contribution in [2.24, 2.45) is 5.92 Å². The van der Waals surface area contributed by atoms with Crippen LogP contribution in [0.2, 0.25) is 0 Å². The van der Waals surface area contributed by atoms with Crippen LogP contribution in [0.15, 0.2) is 55.6 Å². The lowest BCUT2D eigenvalue weighted by atomic mass is 9.94. The molecule has 5 heteroatoms. The number of methoxy groups -OCH3 is 1. The summed E-state index contributed by atoms with van der Waals surface area (Å²) < 4.78 is 10.7. The van der Waals surface area contributed by atoms with Gasteiger partial charge in [0.2, 0.25) is 5.91 Å². The SMILES string of the molecule is C=CCCCC(Cc1ccccc1)C(=O)OCC(COC)NC(=O)CCC=C. The number of hydrogen-bond acceptors (Lipinski definition) is 4. The van der Waals surface area contributed by atoms with E-state index in [1.165, 1.54) is 0 Å². The van der Waals surface area contributed by atoms with Crippen molar-refractivity contribution in [2.75, 3.05) is 20.3 Å². The lowest BCUT2D eigenvalue weighted by Crippen LogP contribution is -2.42. The predicted octanol–water partition coefficient (Wildman–Crippen LogP) is 3.84. The summed E-state index contributed by atoms with van der Waals surface area (Å²) >= 11 is 0. The molecular weight excluding hydrogens is 354 g/mol. The molecule has 2 unspecified atom stereocenters. The third-order valence-corrected chi connectivity index (χ3v) is 4.35. The molecule has 1 aromatic rings. The van der Waals surface area contributed by atoms with Gasteiger partial charge in [0.15, 0.2) is 0 Å². The van der Waals surface area contributed by atoms with Crippen LogP contribution in [0.4, 0.5) is 0 Å². The molecule has 0 aliphatic rings. The predicted molar refractivity (Wildman–Crippen MR) is 112 cm³/mol. The molecule has 0 saturated heterocycles. The summed E-state index contributed by atoms with van der Waals surface area (Å²) in [5.41, 5.74) is 1.11. The van der Waals surface area contributed by atoms with E-state index in [1.54, 1.807) is 13.2 Å². The first-order chi connectivity index (χ1) is 13.6. The van der Waals surface area contributed by atoms with Crippen LogP contribution in [-0.4, -0.2) is 38.2 Å². The van der Waals surface area contributed by atoms with Gasteiger partial charge in [-0.15, -0.1) is 13.2 Å². The molecule has 154 valence electrons. The Bertz CT molecular complexity index is 600. The Kier molecular flexibility index (Phi) is 12.4. The zero-order chi connectivity index (χ0) is 20.6. The molecule has 1 rings (SSSR count). The molecule has 5 nitrogen and oxygen atoms in total. The largest absolute Gasteiger partial charge is 0.463 e. The number of nitrogens with one attached hydrogen (secondary N) is 1. The second kappa shape index (κ2) is 14.6. The van der Waals surface area contributed by atoms with Crippen molar-refractivity contribution < 1.29 is 19.1 Å². The standard InChI is InChI=1S/C23H33NO4/c1-4-6-9-14-20(16-19-12-10-8-11-13-19)23(26)28-18-21(17-27-3)24-22(25)15-7-5-2/h4-5,8,10-13,20-21H,1-2,6-7,9,14-18H2,3H3,(H,24,25). The van der Waals surface area contributed by atoms with Gasteiger partial charge in [0.1, 0.15) is 6.61 Å². The third-order valence-electron chi connectivity index (χ3n) is 4.35. The maximum Gasteiger partial charge on any atom is 0.309 e. The van der Waals surface area contributed by atoms with E-state index in [0.717, 1.165) is 24.8 Å². The molecule has 28 heavy (non-hydrogen) atoms. The molecule has 0 saturated carbocycles. The molecule has 1 N–H and O–H groups in total. The Morgan fingerprint density at radius 1 is 1.11 bits per heavy atom. The van der Waals surface area contributed by atoms with Crippen LogP contribution in [-0.2, 0) is 25.5 Å². The van der Waals surface area contributed by atoms with Crippen molar-refractivity contribution in [1.82, 2.24) is 5.32 Å². The number of allylic oxidation sites excluding steroid dienone is 2. The quantitative estimate of drug-likeness (QED) is 0.282. The van der Waals surface area contributed by atoms with E-state index < -0.39 is 0 Å². The number of amides is 1. The number of benzene rings is 1. The van der Waals surface area contributed by atoms with Crippen molar-refractivity contribution in [3.05, 3.63) is 61.2 Å². The topological polar surface area (TPSA) is 64.6 Å². The first kappa shape index (κ1) is 23.6. The Morgan fingerprint density at radius 3 is 2.46 bits per heavy atom. The minimum absolute atomic E-state index is 0.0965. The maximum absolute atomic E-state index is 12.7. The van der Waals surface area contributed by atoms with Gasteiger partial charge in [0.25, 0.3) is 0 Å². The summed E-state index contributed by atoms with van der Waals surface area (Å²) in [5.74, 6) is -0.568. The van der Waals surface area contributed by atoms with Crippen molar-refractivity contribution in [1.29, 1.82) is 0 Å². The van der Waals surface area contributed by atoms with Gasteiger partial charge in [-0.3, -0.25) is 9.59 Å². The average Bonchev–Trinajstić information content (AvgIpc) is 2.70. The number of unbranched alkanes of at least 4 members (excludes halogenated alkanes) is 1. The lowest BCUT2D eigenvalue weighted by Gasteiger charge is -2.21. The van der Waals surface area contributed by atoms with Crippen LogP contribution in [0.1, 0.15) is 37.7 Å². The average molecular weight is 388 g/mol. The highest BCUT2D eigenvalue weighted by molar-refractivity contribution is 5.76. The summed E-state index contributed by atoms with van der Waals surface area (Å²) in [7, 11) is 1.55. The van der Waals surface area contributed by atoms with Crippen LogP contribution < -0.4 is 5.32 Å². The first-order valence-corrected chi connectivity index (χ1v) is 9.81. The van der Waals surface area contributed by atoms with Gasteiger partial charge in [-0.25, -0.2) is 0 Å². The zero-order valence-corrected chi connectivity index (χ0v) is 16.9. The normalized spacial score (nSPS) is 12.6. The minimum atomic E-state index is -0.364. The summed E-state index contributed by atoms with van der Waals surface area (Å²) in [5, 5.41) is 2.85. The summed E-state index contributed by atoms with van der Waals surface area (Å²) in [4.78, 5) is 24.6. The second-order valence-corrected chi connectivity index (χ2v) is 6.78. The molecular formula is C23H33NO4. The van der Waals surface area contributed by atoms with E-state index in [-0.39, 0.29) is 37.0 Å². The number of ether oxygens (including phenoxy) is 2. The van der Waals surface area contributed by atoms with Crippen molar-refractivity contribution in [2.45, 2.75) is 44.6 Å². The molecule has 0 aromatic heterocycles. The molecule has 0 radical (unpaired) electrons. The highest BCUT2D eigenvalue weighted by Gasteiger charge is 2.22. The van der Waals surface area contributed by atoms with Gasteiger partial charge in [-0.05, 0) is 37.7 Å². The number of carbonyl (C=O) groups excluding carboxylic acids is 2. The number of hydrogen-bond donors (Lipinski definition) is 1. The summed E-state index contributed by atoms with van der Waals surface area (Å²) in [6.07, 6.45) is 7.64. The fourth-order valence-electron chi connectivity index (χ4n) is 2.88.